The number of nitrogens with one attached hydrogen (secondary N) is 1. The summed E-state index contributed by atoms with van der Waals surface area (Å²) >= 11 is 0. The summed E-state index contributed by atoms with van der Waals surface area (Å²) in [4.78, 5) is 11.2. The molecular weight excluding hydrogens is 248 g/mol. The lowest BCUT2D eigenvalue weighted by Gasteiger charge is -2.19. The zero-order valence-electron chi connectivity index (χ0n) is 12.4. The molecule has 0 aliphatic carbocycles. The van der Waals surface area contributed by atoms with Crippen molar-refractivity contribution in [3.8, 4) is 0 Å². The highest BCUT2D eigenvalue weighted by Crippen LogP contribution is 2.12. The minimum atomic E-state index is 0.738. The van der Waals surface area contributed by atoms with E-state index < -0.39 is 0 Å². The molecule has 20 heavy (non-hydrogen) atoms. The summed E-state index contributed by atoms with van der Waals surface area (Å²) in [6.07, 6.45) is 1.93. The van der Waals surface area contributed by atoms with Gasteiger partial charge >= 0.3 is 0 Å². The quantitative estimate of drug-likeness (QED) is 0.875. The fraction of sp³-hybridized carbons (Fsp3) is 0.375. The molecule has 0 saturated carbocycles. The largest absolute Gasteiger partial charge is 0.366 e. The molecule has 2 heterocycles. The number of pyridine rings is 2. The fourth-order valence-electron chi connectivity index (χ4n) is 2.09. The van der Waals surface area contributed by atoms with Crippen LogP contribution in [-0.2, 0) is 6.54 Å². The van der Waals surface area contributed by atoms with Crippen LogP contribution in [0.2, 0.25) is 0 Å². The summed E-state index contributed by atoms with van der Waals surface area (Å²) < 4.78 is 0. The molecule has 0 unspecified atom stereocenters. The van der Waals surface area contributed by atoms with Gasteiger partial charge in [-0.2, -0.15) is 0 Å². The standard InChI is InChI=1S/C16H22N4/c1-4-20(5-2)16-10-9-14(12-18-16)11-17-15-8-6-7-13(3)19-15/h6-10,12H,4-5,11H2,1-3H3,(H,17,19). The summed E-state index contributed by atoms with van der Waals surface area (Å²) in [7, 11) is 0. The first-order chi connectivity index (χ1) is 9.72. The van der Waals surface area contributed by atoms with Gasteiger partial charge in [0, 0.05) is 31.5 Å². The summed E-state index contributed by atoms with van der Waals surface area (Å²) in [5.74, 6) is 1.94. The van der Waals surface area contributed by atoms with Gasteiger partial charge in [-0.1, -0.05) is 12.1 Å². The average molecular weight is 270 g/mol. The second-order valence-corrected chi connectivity index (χ2v) is 4.71. The molecule has 1 N–H and O–H groups in total. The van der Waals surface area contributed by atoms with E-state index in [-0.39, 0.29) is 0 Å². The minimum absolute atomic E-state index is 0.738. The third-order valence-electron chi connectivity index (χ3n) is 3.26. The molecule has 4 heteroatoms. The van der Waals surface area contributed by atoms with Crippen molar-refractivity contribution in [3.05, 3.63) is 47.8 Å². The minimum Gasteiger partial charge on any atom is -0.366 e. The lowest BCUT2D eigenvalue weighted by molar-refractivity contribution is 0.844. The highest BCUT2D eigenvalue weighted by molar-refractivity contribution is 5.40. The van der Waals surface area contributed by atoms with Gasteiger partial charge in [0.2, 0.25) is 0 Å². The smallest absolute Gasteiger partial charge is 0.128 e. The molecule has 4 nitrogen and oxygen atoms in total. The molecule has 0 aliphatic heterocycles. The van der Waals surface area contributed by atoms with Crippen molar-refractivity contribution in [2.24, 2.45) is 0 Å². The zero-order chi connectivity index (χ0) is 14.4. The van der Waals surface area contributed by atoms with Gasteiger partial charge in [0.1, 0.15) is 11.6 Å². The molecule has 0 bridgehead atoms. The van der Waals surface area contributed by atoms with Gasteiger partial charge in [-0.25, -0.2) is 9.97 Å². The van der Waals surface area contributed by atoms with Crippen LogP contribution in [0, 0.1) is 6.92 Å². The monoisotopic (exact) mass is 270 g/mol. The van der Waals surface area contributed by atoms with Crippen molar-refractivity contribution in [2.45, 2.75) is 27.3 Å². The second kappa shape index (κ2) is 6.89. The van der Waals surface area contributed by atoms with E-state index >= 15 is 0 Å². The van der Waals surface area contributed by atoms with Crippen LogP contribution in [0.1, 0.15) is 25.1 Å². The molecule has 0 aromatic carbocycles. The molecule has 0 aliphatic rings. The molecular formula is C16H22N4. The molecule has 2 rings (SSSR count). The second-order valence-electron chi connectivity index (χ2n) is 4.71. The van der Waals surface area contributed by atoms with Gasteiger partial charge in [-0.05, 0) is 44.5 Å². The summed E-state index contributed by atoms with van der Waals surface area (Å²) in [6.45, 7) is 8.98. The molecule has 2 aromatic heterocycles. The van der Waals surface area contributed by atoms with E-state index in [2.05, 4.69) is 46.2 Å². The molecule has 0 atom stereocenters. The Morgan fingerprint density at radius 1 is 1.10 bits per heavy atom. The highest BCUT2D eigenvalue weighted by atomic mass is 15.2. The number of aromatic nitrogens is 2. The third-order valence-corrected chi connectivity index (χ3v) is 3.26. The van der Waals surface area contributed by atoms with Crippen LogP contribution >= 0.6 is 0 Å². The lowest BCUT2D eigenvalue weighted by atomic mass is 10.2. The Hall–Kier alpha value is -2.10. The van der Waals surface area contributed by atoms with E-state index in [0.717, 1.165) is 42.5 Å². The summed E-state index contributed by atoms with van der Waals surface area (Å²) in [6, 6.07) is 10.2. The van der Waals surface area contributed by atoms with Crippen molar-refractivity contribution in [3.63, 3.8) is 0 Å². The van der Waals surface area contributed by atoms with Gasteiger partial charge in [-0.15, -0.1) is 0 Å². The molecule has 0 saturated heterocycles. The zero-order valence-corrected chi connectivity index (χ0v) is 12.4. The topological polar surface area (TPSA) is 41.0 Å². The Morgan fingerprint density at radius 2 is 1.90 bits per heavy atom. The van der Waals surface area contributed by atoms with Crippen LogP contribution in [0.4, 0.5) is 11.6 Å². The highest BCUT2D eigenvalue weighted by Gasteiger charge is 2.03. The first-order valence-corrected chi connectivity index (χ1v) is 7.10. The molecule has 0 spiro atoms. The van der Waals surface area contributed by atoms with E-state index in [0.29, 0.717) is 0 Å². The van der Waals surface area contributed by atoms with Gasteiger partial charge in [-0.3, -0.25) is 0 Å². The fourth-order valence-corrected chi connectivity index (χ4v) is 2.09. The molecule has 106 valence electrons. The predicted molar refractivity (Wildman–Crippen MR) is 84.1 cm³/mol. The Labute approximate surface area is 120 Å². The first-order valence-electron chi connectivity index (χ1n) is 7.10. The van der Waals surface area contributed by atoms with Crippen LogP contribution in [0.5, 0.6) is 0 Å². The lowest BCUT2D eigenvalue weighted by Crippen LogP contribution is -2.22. The maximum atomic E-state index is 4.52. The maximum Gasteiger partial charge on any atom is 0.128 e. The van der Waals surface area contributed by atoms with Crippen molar-refractivity contribution < 1.29 is 0 Å². The normalized spacial score (nSPS) is 10.3. The predicted octanol–water partition coefficient (Wildman–Crippen LogP) is 3.24. The van der Waals surface area contributed by atoms with E-state index in [9.17, 15) is 0 Å². The van der Waals surface area contributed by atoms with Crippen molar-refractivity contribution in [1.29, 1.82) is 0 Å². The summed E-state index contributed by atoms with van der Waals surface area (Å²) in [5, 5.41) is 3.31. The van der Waals surface area contributed by atoms with E-state index in [1.54, 1.807) is 0 Å². The van der Waals surface area contributed by atoms with Crippen molar-refractivity contribution in [2.75, 3.05) is 23.3 Å². The van der Waals surface area contributed by atoms with Crippen LogP contribution in [0.15, 0.2) is 36.5 Å². The number of rotatable bonds is 6. The van der Waals surface area contributed by atoms with Crippen LogP contribution in [0.25, 0.3) is 0 Å². The Balaban J connectivity index is 1.97. The molecule has 2 aromatic rings. The Kier molecular flexibility index (Phi) is 4.93. The van der Waals surface area contributed by atoms with E-state index in [1.165, 1.54) is 0 Å². The van der Waals surface area contributed by atoms with Crippen molar-refractivity contribution in [1.82, 2.24) is 9.97 Å². The number of aryl methyl sites for hydroxylation is 1. The van der Waals surface area contributed by atoms with Gasteiger partial charge in [0.25, 0.3) is 0 Å². The van der Waals surface area contributed by atoms with E-state index in [4.69, 9.17) is 0 Å². The molecule has 0 radical (unpaired) electrons. The average Bonchev–Trinajstić information content (AvgIpc) is 2.48. The Morgan fingerprint density at radius 3 is 2.50 bits per heavy atom. The Bertz CT molecular complexity index is 532. The maximum absolute atomic E-state index is 4.52. The number of hydrogen-bond acceptors (Lipinski definition) is 4. The van der Waals surface area contributed by atoms with Gasteiger partial charge in [0.15, 0.2) is 0 Å². The number of nitrogens with zero attached hydrogens (tertiary/aromatic N) is 3. The SMILES string of the molecule is CCN(CC)c1ccc(CNc2cccc(C)n2)cn1. The van der Waals surface area contributed by atoms with E-state index in [1.807, 2.05) is 31.3 Å². The van der Waals surface area contributed by atoms with Gasteiger partial charge < -0.3 is 10.2 Å². The van der Waals surface area contributed by atoms with Crippen LogP contribution in [-0.4, -0.2) is 23.1 Å². The third kappa shape index (κ3) is 3.70. The van der Waals surface area contributed by atoms with Crippen molar-refractivity contribution >= 4 is 11.6 Å². The molecule has 0 amide bonds. The van der Waals surface area contributed by atoms with Crippen LogP contribution in [0.3, 0.4) is 0 Å². The summed E-state index contributed by atoms with van der Waals surface area (Å²) in [5.41, 5.74) is 2.18. The first kappa shape index (κ1) is 14.3. The molecule has 0 fully saturated rings. The van der Waals surface area contributed by atoms with Crippen LogP contribution < -0.4 is 10.2 Å². The number of anilines is 2. The number of hydrogen-bond donors (Lipinski definition) is 1. The van der Waals surface area contributed by atoms with Gasteiger partial charge in [0.05, 0.1) is 0 Å².